The molecule has 154 valence electrons. The van der Waals surface area contributed by atoms with E-state index in [2.05, 4.69) is 4.99 Å². The predicted molar refractivity (Wildman–Crippen MR) is 109 cm³/mol. The van der Waals surface area contributed by atoms with E-state index in [0.29, 0.717) is 22.7 Å². The average Bonchev–Trinajstić information content (AvgIpc) is 2.77. The first kappa shape index (κ1) is 19.6. The van der Waals surface area contributed by atoms with Gasteiger partial charge in [0.15, 0.2) is 5.75 Å². The van der Waals surface area contributed by atoms with Gasteiger partial charge in [-0.1, -0.05) is 12.1 Å². The molecule has 3 N–H and O–H groups in total. The van der Waals surface area contributed by atoms with Crippen LogP contribution in [0.2, 0.25) is 0 Å². The minimum atomic E-state index is -1.12. The molecule has 0 saturated heterocycles. The smallest absolute Gasteiger partial charge is 0.335 e. The van der Waals surface area contributed by atoms with E-state index in [0.717, 1.165) is 0 Å². The van der Waals surface area contributed by atoms with Crippen LogP contribution in [0.25, 0.3) is 0 Å². The molecular weight excluding hydrogens is 404 g/mol. The van der Waals surface area contributed by atoms with Crippen molar-refractivity contribution in [3.05, 3.63) is 82.9 Å². The number of carboxylic acid groups (broad SMARTS) is 2. The predicted octanol–water partition coefficient (Wildman–Crippen LogP) is 3.54. The fraction of sp³-hybridized carbons (Fsp3) is 0. The molecule has 0 fully saturated rings. The summed E-state index contributed by atoms with van der Waals surface area (Å²) in [6.07, 6.45) is 2.89. The molecule has 0 atom stereocenters. The van der Waals surface area contributed by atoms with Crippen LogP contribution in [-0.2, 0) is 4.99 Å². The second-order valence-corrected chi connectivity index (χ2v) is 6.50. The number of fused-ring (bicyclic) bond motifs is 1. The van der Waals surface area contributed by atoms with Gasteiger partial charge in [0.25, 0.3) is 5.69 Å². The van der Waals surface area contributed by atoms with Gasteiger partial charge < -0.3 is 15.3 Å². The number of nitrogens with zero attached hydrogens (tertiary/aromatic N) is 2. The highest BCUT2D eigenvalue weighted by atomic mass is 17.3. The molecule has 0 radical (unpaired) electrons. The summed E-state index contributed by atoms with van der Waals surface area (Å²) in [5.74, 6) is -1.95. The van der Waals surface area contributed by atoms with Crippen molar-refractivity contribution < 1.29 is 39.5 Å². The number of rotatable bonds is 5. The van der Waals surface area contributed by atoms with Gasteiger partial charge in [-0.3, -0.25) is 0 Å². The summed E-state index contributed by atoms with van der Waals surface area (Å²) in [7, 11) is 0. The van der Waals surface area contributed by atoms with E-state index in [1.807, 2.05) is 0 Å². The van der Waals surface area contributed by atoms with Crippen molar-refractivity contribution in [2.24, 2.45) is 4.99 Å². The number of para-hydroxylation sites is 2. The van der Waals surface area contributed by atoms with Crippen LogP contribution in [0.5, 0.6) is 11.5 Å². The maximum Gasteiger partial charge on any atom is 0.335 e. The highest BCUT2D eigenvalue weighted by Crippen LogP contribution is 2.31. The van der Waals surface area contributed by atoms with Crippen molar-refractivity contribution >= 4 is 35.7 Å². The van der Waals surface area contributed by atoms with Crippen LogP contribution in [-0.4, -0.2) is 44.4 Å². The van der Waals surface area contributed by atoms with Crippen molar-refractivity contribution in [1.82, 2.24) is 0 Å². The van der Waals surface area contributed by atoms with Gasteiger partial charge in [-0.05, 0) is 47.5 Å². The molecule has 0 unspecified atom stereocenters. The summed E-state index contributed by atoms with van der Waals surface area (Å²) >= 11 is 0. The molecule has 31 heavy (non-hydrogen) atoms. The second-order valence-electron chi connectivity index (χ2n) is 6.50. The molecule has 0 aromatic heterocycles. The summed E-state index contributed by atoms with van der Waals surface area (Å²) in [5, 5.41) is 28.3. The van der Waals surface area contributed by atoms with Gasteiger partial charge in [-0.2, -0.15) is 0 Å². The molecule has 4 rings (SSSR count). The van der Waals surface area contributed by atoms with Gasteiger partial charge in [0.05, 0.1) is 21.4 Å². The minimum Gasteiger partial charge on any atom is -0.507 e. The van der Waals surface area contributed by atoms with Gasteiger partial charge in [0, 0.05) is 17.8 Å². The number of hydrogen-bond donors (Lipinski definition) is 3. The Morgan fingerprint density at radius 2 is 1.65 bits per heavy atom. The lowest BCUT2D eigenvalue weighted by Gasteiger charge is -2.10. The van der Waals surface area contributed by atoms with E-state index in [1.165, 1.54) is 47.4 Å². The zero-order valence-electron chi connectivity index (χ0n) is 15.8. The molecule has 0 aliphatic carbocycles. The van der Waals surface area contributed by atoms with Crippen LogP contribution < -0.4 is 4.89 Å². The molecule has 9 heteroatoms. The molecule has 0 amide bonds. The highest BCUT2D eigenvalue weighted by molar-refractivity contribution is 5.94. The monoisotopic (exact) mass is 419 g/mol. The topological polar surface area (TPSA) is 129 Å². The van der Waals surface area contributed by atoms with E-state index in [-0.39, 0.29) is 22.4 Å². The molecule has 3 aromatic carbocycles. The van der Waals surface area contributed by atoms with Crippen LogP contribution in [0.3, 0.4) is 0 Å². The van der Waals surface area contributed by atoms with Gasteiger partial charge >= 0.3 is 11.9 Å². The number of carbonyl (C=O) groups is 2. The van der Waals surface area contributed by atoms with E-state index in [1.54, 1.807) is 30.5 Å². The third-order valence-electron chi connectivity index (χ3n) is 4.46. The number of aromatic carboxylic acids is 2. The summed E-state index contributed by atoms with van der Waals surface area (Å²) in [4.78, 5) is 37.3. The largest absolute Gasteiger partial charge is 0.507 e. The van der Waals surface area contributed by atoms with Gasteiger partial charge in [-0.25, -0.2) is 19.5 Å². The Kier molecular flexibility index (Phi) is 5.07. The zero-order valence-corrected chi connectivity index (χ0v) is 15.8. The SMILES string of the molecule is O=C(O)c1ccc(O)c(C=Nc2ccccc2[N+]2=Cc3cc(C(=O)O)ccc3OO2)c1. The molecular formula is C22H15N2O7+. The lowest BCUT2D eigenvalue weighted by atomic mass is 10.1. The van der Waals surface area contributed by atoms with Crippen molar-refractivity contribution in [1.29, 1.82) is 0 Å². The highest BCUT2D eigenvalue weighted by Gasteiger charge is 2.26. The first-order chi connectivity index (χ1) is 14.9. The van der Waals surface area contributed by atoms with Crippen LogP contribution >= 0.6 is 0 Å². The third-order valence-corrected chi connectivity index (χ3v) is 4.46. The Bertz CT molecular complexity index is 1260. The maximum absolute atomic E-state index is 11.2. The zero-order chi connectivity index (χ0) is 22.0. The number of aliphatic imine (C=N–C) groups is 1. The van der Waals surface area contributed by atoms with E-state index >= 15 is 0 Å². The molecule has 1 aliphatic rings. The minimum absolute atomic E-state index is 0.0134. The lowest BCUT2D eigenvalue weighted by molar-refractivity contribution is -0.808. The fourth-order valence-electron chi connectivity index (χ4n) is 2.89. The third kappa shape index (κ3) is 4.06. The van der Waals surface area contributed by atoms with Crippen molar-refractivity contribution in [3.8, 4) is 11.5 Å². The number of phenols is 1. The van der Waals surface area contributed by atoms with Crippen LogP contribution in [0.15, 0.2) is 65.7 Å². The molecule has 0 saturated carbocycles. The van der Waals surface area contributed by atoms with E-state index in [4.69, 9.17) is 15.0 Å². The van der Waals surface area contributed by atoms with Gasteiger partial charge in [0.2, 0.25) is 6.21 Å². The number of carboxylic acids is 2. The normalized spacial score (nSPS) is 12.5. The Balaban J connectivity index is 1.71. The Morgan fingerprint density at radius 3 is 2.42 bits per heavy atom. The quantitative estimate of drug-likeness (QED) is 0.328. The summed E-state index contributed by atoms with van der Waals surface area (Å²) in [6.45, 7) is 0. The van der Waals surface area contributed by atoms with E-state index in [9.17, 15) is 19.8 Å². The van der Waals surface area contributed by atoms with Crippen molar-refractivity contribution in [3.63, 3.8) is 0 Å². The summed E-state index contributed by atoms with van der Waals surface area (Å²) in [5.41, 5.74) is 1.74. The van der Waals surface area contributed by atoms with Crippen molar-refractivity contribution in [2.75, 3.05) is 0 Å². The van der Waals surface area contributed by atoms with Crippen LogP contribution in [0.1, 0.15) is 31.8 Å². The molecule has 1 aliphatic heterocycles. The lowest BCUT2D eigenvalue weighted by Crippen LogP contribution is -2.18. The number of hydrogen-bond acceptors (Lipinski definition) is 6. The van der Waals surface area contributed by atoms with Gasteiger partial charge in [0.1, 0.15) is 11.4 Å². The maximum atomic E-state index is 11.2. The summed E-state index contributed by atoms with van der Waals surface area (Å²) < 4.78 is 1.29. The van der Waals surface area contributed by atoms with Crippen LogP contribution in [0.4, 0.5) is 11.4 Å². The number of aromatic hydroxyl groups is 1. The van der Waals surface area contributed by atoms with Crippen LogP contribution in [0, 0.1) is 0 Å². The average molecular weight is 419 g/mol. The molecule has 0 bridgehead atoms. The van der Waals surface area contributed by atoms with Gasteiger partial charge in [-0.15, -0.1) is 0 Å². The van der Waals surface area contributed by atoms with Crippen molar-refractivity contribution in [2.45, 2.75) is 0 Å². The fourth-order valence-corrected chi connectivity index (χ4v) is 2.89. The molecule has 9 nitrogen and oxygen atoms in total. The first-order valence-electron chi connectivity index (χ1n) is 8.98. The molecule has 0 spiro atoms. The standard InChI is InChI=1S/C22H14N2O7/c25-19-7-5-13(21(26)27)9-15(19)11-23-17-3-1-2-4-18(17)24-12-16-10-14(22(28)29)6-8-20(16)30-31-24/h1-12H,(H2-,23,25,26,27,28,29)/p+1. The molecule has 3 aromatic rings. The molecule has 1 heterocycles. The van der Waals surface area contributed by atoms with E-state index < -0.39 is 11.9 Å². The Labute approximate surface area is 175 Å². The Morgan fingerprint density at radius 1 is 0.935 bits per heavy atom. The second kappa shape index (κ2) is 7.99. The number of benzene rings is 3. The summed E-state index contributed by atoms with van der Waals surface area (Å²) in [6, 6.07) is 15.1. The first-order valence-corrected chi connectivity index (χ1v) is 8.98. The number of phenolic OH excluding ortho intramolecular Hbond substituents is 1. The Hall–Kier alpha value is -4.66.